The molecule has 2 rings (SSSR count). The molecule has 1 heterocycles. The van der Waals surface area contributed by atoms with Gasteiger partial charge in [0.1, 0.15) is 5.82 Å². The molecule has 6 heteroatoms. The first-order valence-electron chi connectivity index (χ1n) is 5.25. The second kappa shape index (κ2) is 4.59. The van der Waals surface area contributed by atoms with Crippen LogP contribution in [0, 0.1) is 11.7 Å². The number of hydrogen-bond donors (Lipinski definition) is 1. The van der Waals surface area contributed by atoms with Gasteiger partial charge < -0.3 is 0 Å². The van der Waals surface area contributed by atoms with Gasteiger partial charge in [0, 0.05) is 10.6 Å². The predicted octanol–water partition coefficient (Wildman–Crippen LogP) is 2.37. The van der Waals surface area contributed by atoms with Crippen molar-refractivity contribution < 1.29 is 17.4 Å². The van der Waals surface area contributed by atoms with E-state index in [0.717, 1.165) is 10.5 Å². The van der Waals surface area contributed by atoms with Crippen molar-refractivity contribution in [2.75, 3.05) is 5.75 Å². The SMILES string of the molecule is CC(C1CSc2ccc(F)cc2C1)S(=O)(=O)O. The molecular formula is C11H13FO3S2. The standard InChI is InChI=1S/C11H13FO3S2/c1-7(17(13,14)15)9-4-8-5-10(12)2-3-11(8)16-6-9/h2-3,5,7,9H,4,6H2,1H3,(H,13,14,15). The van der Waals surface area contributed by atoms with Crippen LogP contribution in [0.5, 0.6) is 0 Å². The fraction of sp³-hybridized carbons (Fsp3) is 0.455. The monoisotopic (exact) mass is 276 g/mol. The van der Waals surface area contributed by atoms with E-state index >= 15 is 0 Å². The number of benzene rings is 1. The van der Waals surface area contributed by atoms with Gasteiger partial charge in [-0.15, -0.1) is 11.8 Å². The highest BCUT2D eigenvalue weighted by molar-refractivity contribution is 7.99. The van der Waals surface area contributed by atoms with E-state index in [1.807, 2.05) is 0 Å². The normalized spacial score (nSPS) is 21.9. The highest BCUT2D eigenvalue weighted by atomic mass is 32.2. The average molecular weight is 276 g/mol. The van der Waals surface area contributed by atoms with E-state index in [2.05, 4.69) is 0 Å². The van der Waals surface area contributed by atoms with Crippen molar-refractivity contribution in [1.29, 1.82) is 0 Å². The van der Waals surface area contributed by atoms with Crippen molar-refractivity contribution in [2.24, 2.45) is 5.92 Å². The van der Waals surface area contributed by atoms with Gasteiger partial charge in [-0.25, -0.2) is 4.39 Å². The Bertz CT molecular complexity index is 528. The Morgan fingerprint density at radius 2 is 2.24 bits per heavy atom. The lowest BCUT2D eigenvalue weighted by Gasteiger charge is -2.27. The summed E-state index contributed by atoms with van der Waals surface area (Å²) in [5, 5.41) is -0.814. The Labute approximate surface area is 104 Å². The molecule has 0 amide bonds. The summed E-state index contributed by atoms with van der Waals surface area (Å²) in [4.78, 5) is 0.991. The molecule has 0 aliphatic carbocycles. The molecule has 1 N–H and O–H groups in total. The van der Waals surface area contributed by atoms with Gasteiger partial charge in [-0.3, -0.25) is 4.55 Å². The molecule has 0 saturated heterocycles. The summed E-state index contributed by atoms with van der Waals surface area (Å²) in [5.74, 6) is 0.133. The molecule has 2 unspecified atom stereocenters. The van der Waals surface area contributed by atoms with Crippen LogP contribution in [0.15, 0.2) is 23.1 Å². The van der Waals surface area contributed by atoms with Crippen molar-refractivity contribution in [1.82, 2.24) is 0 Å². The second-order valence-corrected chi connectivity index (χ2v) is 7.08. The second-order valence-electron chi connectivity index (χ2n) is 4.25. The summed E-state index contributed by atoms with van der Waals surface area (Å²) in [6.45, 7) is 1.49. The smallest absolute Gasteiger partial charge is 0.267 e. The average Bonchev–Trinajstić information content (AvgIpc) is 2.25. The summed E-state index contributed by atoms with van der Waals surface area (Å²) >= 11 is 1.51. The Morgan fingerprint density at radius 3 is 2.88 bits per heavy atom. The largest absolute Gasteiger partial charge is 0.285 e. The number of rotatable bonds is 2. The minimum absolute atomic E-state index is 0.177. The van der Waals surface area contributed by atoms with E-state index in [1.54, 1.807) is 6.07 Å². The predicted molar refractivity (Wildman–Crippen MR) is 65.3 cm³/mol. The summed E-state index contributed by atoms with van der Waals surface area (Å²) < 4.78 is 44.3. The fourth-order valence-corrected chi connectivity index (χ4v) is 4.02. The van der Waals surface area contributed by atoms with Gasteiger partial charge >= 0.3 is 0 Å². The quantitative estimate of drug-likeness (QED) is 0.843. The van der Waals surface area contributed by atoms with Crippen molar-refractivity contribution >= 4 is 21.9 Å². The first-order chi connectivity index (χ1) is 7.88. The molecule has 17 heavy (non-hydrogen) atoms. The molecular weight excluding hydrogens is 263 g/mol. The molecule has 1 aromatic rings. The van der Waals surface area contributed by atoms with Crippen LogP contribution in [0.25, 0.3) is 0 Å². The topological polar surface area (TPSA) is 54.4 Å². The molecule has 0 spiro atoms. The molecule has 2 atom stereocenters. The molecule has 0 radical (unpaired) electrons. The van der Waals surface area contributed by atoms with Crippen LogP contribution in [-0.4, -0.2) is 24.0 Å². The van der Waals surface area contributed by atoms with E-state index in [4.69, 9.17) is 4.55 Å². The highest BCUT2D eigenvalue weighted by Gasteiger charge is 2.31. The molecule has 0 bridgehead atoms. The Kier molecular flexibility index (Phi) is 3.47. The zero-order chi connectivity index (χ0) is 12.6. The molecule has 1 aromatic carbocycles. The molecule has 0 aromatic heterocycles. The maximum atomic E-state index is 13.1. The zero-order valence-corrected chi connectivity index (χ0v) is 10.9. The third kappa shape index (κ3) is 2.81. The van der Waals surface area contributed by atoms with E-state index in [-0.39, 0.29) is 11.7 Å². The number of fused-ring (bicyclic) bond motifs is 1. The van der Waals surface area contributed by atoms with Crippen LogP contribution in [0.1, 0.15) is 12.5 Å². The summed E-state index contributed by atoms with van der Waals surface area (Å²) in [6, 6.07) is 4.55. The Morgan fingerprint density at radius 1 is 1.53 bits per heavy atom. The van der Waals surface area contributed by atoms with Gasteiger partial charge in [-0.05, 0) is 43.0 Å². The molecule has 0 saturated carbocycles. The van der Waals surface area contributed by atoms with Crippen LogP contribution >= 0.6 is 11.8 Å². The van der Waals surface area contributed by atoms with Crippen LogP contribution in [0.3, 0.4) is 0 Å². The lowest BCUT2D eigenvalue weighted by molar-refractivity contribution is 0.439. The number of thioether (sulfide) groups is 1. The molecule has 1 aliphatic rings. The Balaban J connectivity index is 2.24. The van der Waals surface area contributed by atoms with Gasteiger partial charge in [0.05, 0.1) is 5.25 Å². The van der Waals surface area contributed by atoms with E-state index in [9.17, 15) is 12.8 Å². The van der Waals surface area contributed by atoms with Gasteiger partial charge in [0.2, 0.25) is 0 Å². The maximum Gasteiger partial charge on any atom is 0.267 e. The third-order valence-corrected chi connectivity index (χ3v) is 5.72. The number of hydrogen-bond acceptors (Lipinski definition) is 3. The van der Waals surface area contributed by atoms with Crippen molar-refractivity contribution in [3.8, 4) is 0 Å². The zero-order valence-electron chi connectivity index (χ0n) is 9.26. The fourth-order valence-electron chi connectivity index (χ4n) is 1.93. The summed E-state index contributed by atoms with van der Waals surface area (Å²) in [5.41, 5.74) is 0.821. The first kappa shape index (κ1) is 12.9. The van der Waals surface area contributed by atoms with E-state index in [0.29, 0.717) is 12.2 Å². The first-order valence-corrected chi connectivity index (χ1v) is 7.74. The van der Waals surface area contributed by atoms with Gasteiger partial charge in [-0.1, -0.05) is 0 Å². The molecule has 1 aliphatic heterocycles. The van der Waals surface area contributed by atoms with Crippen LogP contribution in [0.4, 0.5) is 4.39 Å². The van der Waals surface area contributed by atoms with Crippen LogP contribution in [-0.2, 0) is 16.5 Å². The minimum atomic E-state index is -4.02. The van der Waals surface area contributed by atoms with Crippen molar-refractivity contribution in [3.63, 3.8) is 0 Å². The van der Waals surface area contributed by atoms with E-state index in [1.165, 1.54) is 30.8 Å². The van der Waals surface area contributed by atoms with Gasteiger partial charge in [0.15, 0.2) is 0 Å². The maximum absolute atomic E-state index is 13.1. The molecule has 94 valence electrons. The van der Waals surface area contributed by atoms with Crippen LogP contribution < -0.4 is 0 Å². The lowest BCUT2D eigenvalue weighted by Crippen LogP contribution is -2.31. The van der Waals surface area contributed by atoms with Gasteiger partial charge in [0.25, 0.3) is 10.1 Å². The molecule has 3 nitrogen and oxygen atoms in total. The van der Waals surface area contributed by atoms with Gasteiger partial charge in [-0.2, -0.15) is 8.42 Å². The van der Waals surface area contributed by atoms with Crippen molar-refractivity contribution in [2.45, 2.75) is 23.5 Å². The number of halogens is 1. The minimum Gasteiger partial charge on any atom is -0.285 e. The summed E-state index contributed by atoms with van der Waals surface area (Å²) in [7, 11) is -4.02. The van der Waals surface area contributed by atoms with Crippen LogP contribution in [0.2, 0.25) is 0 Å². The lowest BCUT2D eigenvalue weighted by atomic mass is 9.97. The highest BCUT2D eigenvalue weighted by Crippen LogP contribution is 2.35. The molecule has 0 fully saturated rings. The van der Waals surface area contributed by atoms with Crippen molar-refractivity contribution in [3.05, 3.63) is 29.6 Å². The van der Waals surface area contributed by atoms with E-state index < -0.39 is 15.4 Å². The third-order valence-electron chi connectivity index (χ3n) is 3.09. The summed E-state index contributed by atoms with van der Waals surface area (Å²) in [6.07, 6.45) is 0.487. The Hall–Kier alpha value is -0.590.